The zero-order valence-electron chi connectivity index (χ0n) is 36.2. The van der Waals surface area contributed by atoms with E-state index in [9.17, 15) is 19.5 Å². The first-order valence-corrected chi connectivity index (χ1v) is 22.7. The summed E-state index contributed by atoms with van der Waals surface area (Å²) in [6.45, 7) is 12.0. The van der Waals surface area contributed by atoms with E-state index in [1.54, 1.807) is 11.6 Å². The maximum Gasteiger partial charge on any atom is 0.329 e. The van der Waals surface area contributed by atoms with Crippen molar-refractivity contribution in [1.82, 2.24) is 38.8 Å². The predicted molar refractivity (Wildman–Crippen MR) is 239 cm³/mol. The third-order valence-electron chi connectivity index (χ3n) is 13.3. The molecule has 5 aromatic rings. The number of aryl methyl sites for hydroxylation is 2. The van der Waals surface area contributed by atoms with E-state index in [2.05, 4.69) is 69.3 Å². The first-order chi connectivity index (χ1) is 29.7. The molecule has 2 amide bonds. The molecule has 61 heavy (non-hydrogen) atoms. The Hall–Kier alpha value is -4.89. The Balaban J connectivity index is 0.781. The van der Waals surface area contributed by atoms with Crippen LogP contribution in [0.3, 0.4) is 0 Å². The number of piperazine rings is 1. The van der Waals surface area contributed by atoms with E-state index in [0.29, 0.717) is 36.6 Å². The maximum atomic E-state index is 13.1. The Bertz CT molecular complexity index is 2350. The lowest BCUT2D eigenvalue weighted by atomic mass is 9.93. The first kappa shape index (κ1) is 42.8. The molecule has 2 atom stereocenters. The van der Waals surface area contributed by atoms with Crippen molar-refractivity contribution >= 4 is 39.8 Å². The number of carbonyl (C=O) groups is 2. The summed E-state index contributed by atoms with van der Waals surface area (Å²) < 4.78 is 11.5. The van der Waals surface area contributed by atoms with Gasteiger partial charge in [0, 0.05) is 101 Å². The topological polar surface area (TPSA) is 152 Å². The minimum absolute atomic E-state index is 0.202. The molecule has 0 spiro atoms. The van der Waals surface area contributed by atoms with Crippen LogP contribution in [0.5, 0.6) is 0 Å². The first-order valence-electron chi connectivity index (χ1n) is 22.7. The van der Waals surface area contributed by atoms with Gasteiger partial charge in [0.25, 0.3) is 0 Å². The van der Waals surface area contributed by atoms with Crippen molar-refractivity contribution in [3.8, 4) is 11.1 Å². The number of anilines is 1. The number of amides is 2. The minimum Gasteiger partial charge on any atom is -0.393 e. The molecule has 0 radical (unpaired) electrons. The molecule has 14 nitrogen and oxygen atoms in total. The molecule has 2 aliphatic heterocycles. The van der Waals surface area contributed by atoms with Gasteiger partial charge in [-0.1, -0.05) is 43.7 Å². The van der Waals surface area contributed by atoms with Gasteiger partial charge in [-0.25, -0.2) is 9.78 Å². The predicted octanol–water partition coefficient (Wildman–Crippen LogP) is 6.14. The number of ether oxygens (including phenoxy) is 1. The fraction of sp³-hybridized carbons (Fsp3) is 0.553. The standard InChI is InChI=1S/C47H63N9O5/c1-4-5-21-48-46-49-30-38-39(31-55(44(38)51-46)36-14-16-37(57)17-15-36)35-12-10-34(11-13-35)32(2)54-25-23-53(24-26-54)22-7-28-61-27-6-8-33-9-18-40-42(29-33)52(3)47(60)56(40)41-19-20-43(58)50-45(41)59/h9-13,18,29-32,36-37,41,57H,4-8,14-17,19-28H2,1-3H3,(H,48,49,51)(H,50,58,59). The highest BCUT2D eigenvalue weighted by Gasteiger charge is 2.31. The number of nitrogens with one attached hydrogen (secondary N) is 2. The molecule has 5 heterocycles. The zero-order valence-corrected chi connectivity index (χ0v) is 36.2. The molecule has 3 N–H and O–H groups in total. The second kappa shape index (κ2) is 19.4. The smallest absolute Gasteiger partial charge is 0.329 e. The number of aliphatic hydroxyl groups excluding tert-OH is 1. The summed E-state index contributed by atoms with van der Waals surface area (Å²) >= 11 is 0. The van der Waals surface area contributed by atoms with E-state index in [-0.39, 0.29) is 24.1 Å². The lowest BCUT2D eigenvalue weighted by molar-refractivity contribution is -0.135. The molecular formula is C47H63N9O5. The van der Waals surface area contributed by atoms with E-state index in [1.807, 2.05) is 24.4 Å². The van der Waals surface area contributed by atoms with Crippen LogP contribution in [0.15, 0.2) is 59.7 Å². The Morgan fingerprint density at radius 3 is 2.46 bits per heavy atom. The van der Waals surface area contributed by atoms with E-state index in [1.165, 1.54) is 15.7 Å². The maximum absolute atomic E-state index is 13.1. The van der Waals surface area contributed by atoms with E-state index in [0.717, 1.165) is 131 Å². The number of hydrogen-bond acceptors (Lipinski definition) is 10. The number of aliphatic hydroxyl groups is 1. The Morgan fingerprint density at radius 2 is 1.70 bits per heavy atom. The summed E-state index contributed by atoms with van der Waals surface area (Å²) in [6.07, 6.45) is 13.1. The number of fused-ring (bicyclic) bond motifs is 2. The van der Waals surface area contributed by atoms with E-state index >= 15 is 0 Å². The number of benzene rings is 2. The Kier molecular flexibility index (Phi) is 13.6. The highest BCUT2D eigenvalue weighted by atomic mass is 16.5. The normalized spacial score (nSPS) is 21.0. The van der Waals surface area contributed by atoms with Crippen molar-refractivity contribution in [2.24, 2.45) is 7.05 Å². The van der Waals surface area contributed by atoms with Crippen molar-refractivity contribution < 1.29 is 19.4 Å². The van der Waals surface area contributed by atoms with Crippen LogP contribution in [-0.2, 0) is 27.8 Å². The Labute approximate surface area is 358 Å². The second-order valence-electron chi connectivity index (χ2n) is 17.4. The lowest BCUT2D eigenvalue weighted by Crippen LogP contribution is -2.47. The fourth-order valence-corrected chi connectivity index (χ4v) is 9.53. The van der Waals surface area contributed by atoms with Crippen LogP contribution in [0.25, 0.3) is 33.2 Å². The van der Waals surface area contributed by atoms with Gasteiger partial charge in [0.2, 0.25) is 17.8 Å². The zero-order chi connectivity index (χ0) is 42.5. The molecule has 3 fully saturated rings. The number of nitrogens with zero attached hydrogens (tertiary/aromatic N) is 7. The number of piperidine rings is 1. The molecule has 2 unspecified atom stereocenters. The van der Waals surface area contributed by atoms with Crippen LogP contribution in [0, 0.1) is 0 Å². The molecule has 1 aliphatic carbocycles. The highest BCUT2D eigenvalue weighted by molar-refractivity contribution is 6.00. The summed E-state index contributed by atoms with van der Waals surface area (Å²) in [6, 6.07) is 15.0. The summed E-state index contributed by atoms with van der Waals surface area (Å²) in [4.78, 5) is 52.1. The van der Waals surface area contributed by atoms with Crippen LogP contribution in [0.4, 0.5) is 5.95 Å². The highest BCUT2D eigenvalue weighted by Crippen LogP contribution is 2.37. The van der Waals surface area contributed by atoms with Gasteiger partial charge in [-0.3, -0.25) is 28.9 Å². The van der Waals surface area contributed by atoms with Crippen LogP contribution >= 0.6 is 0 Å². The van der Waals surface area contributed by atoms with E-state index < -0.39 is 11.9 Å². The molecule has 3 aromatic heterocycles. The van der Waals surface area contributed by atoms with Gasteiger partial charge < -0.3 is 24.6 Å². The van der Waals surface area contributed by atoms with Gasteiger partial charge in [0.05, 0.1) is 17.1 Å². The SMILES string of the molecule is CCCCNc1ncc2c(-c3ccc(C(C)N4CCN(CCCOCCCc5ccc6c(c5)n(C)c(=O)n6C5CCC(=O)NC5=O)CC4)cc3)cn(C3CCC(O)CC3)c2n1. The van der Waals surface area contributed by atoms with Crippen molar-refractivity contribution in [1.29, 1.82) is 0 Å². The monoisotopic (exact) mass is 833 g/mol. The molecule has 2 aromatic carbocycles. The third-order valence-corrected chi connectivity index (χ3v) is 13.3. The van der Waals surface area contributed by atoms with Gasteiger partial charge in [-0.15, -0.1) is 0 Å². The molecule has 14 heteroatoms. The number of imide groups is 1. The van der Waals surface area contributed by atoms with Gasteiger partial charge in [-0.05, 0) is 93.5 Å². The van der Waals surface area contributed by atoms with Gasteiger partial charge in [-0.2, -0.15) is 4.98 Å². The summed E-state index contributed by atoms with van der Waals surface area (Å²) in [5, 5.41) is 17.0. The Morgan fingerprint density at radius 1 is 0.934 bits per heavy atom. The second-order valence-corrected chi connectivity index (χ2v) is 17.4. The van der Waals surface area contributed by atoms with Crippen LogP contribution in [-0.4, -0.2) is 109 Å². The molecular weight excluding hydrogens is 771 g/mol. The average Bonchev–Trinajstić information content (AvgIpc) is 3.77. The molecule has 2 saturated heterocycles. The summed E-state index contributed by atoms with van der Waals surface area (Å²) in [5.41, 5.74) is 6.99. The van der Waals surface area contributed by atoms with Gasteiger partial charge >= 0.3 is 5.69 Å². The molecule has 0 bridgehead atoms. The largest absolute Gasteiger partial charge is 0.393 e. The number of carbonyl (C=O) groups excluding carboxylic acids is 2. The van der Waals surface area contributed by atoms with Crippen molar-refractivity contribution in [3.63, 3.8) is 0 Å². The van der Waals surface area contributed by atoms with Crippen molar-refractivity contribution in [3.05, 3.63) is 76.5 Å². The van der Waals surface area contributed by atoms with Crippen LogP contribution < -0.4 is 16.3 Å². The molecule has 8 rings (SSSR count). The van der Waals surface area contributed by atoms with Crippen LogP contribution in [0.2, 0.25) is 0 Å². The lowest BCUT2D eigenvalue weighted by Gasteiger charge is -2.38. The van der Waals surface area contributed by atoms with Crippen molar-refractivity contribution in [2.45, 2.75) is 109 Å². The molecule has 326 valence electrons. The average molecular weight is 834 g/mol. The fourth-order valence-electron chi connectivity index (χ4n) is 9.53. The number of unbranched alkanes of at least 4 members (excludes halogenated alkanes) is 1. The van der Waals surface area contributed by atoms with Gasteiger partial charge in [0.15, 0.2) is 0 Å². The van der Waals surface area contributed by atoms with Crippen LogP contribution in [0.1, 0.15) is 107 Å². The number of hydrogen-bond donors (Lipinski definition) is 3. The molecule has 3 aliphatic rings. The summed E-state index contributed by atoms with van der Waals surface area (Å²) in [7, 11) is 1.73. The van der Waals surface area contributed by atoms with Gasteiger partial charge in [0.1, 0.15) is 11.7 Å². The quantitative estimate of drug-likeness (QED) is 0.0737. The minimum atomic E-state index is -0.676. The number of rotatable bonds is 17. The summed E-state index contributed by atoms with van der Waals surface area (Å²) in [5.74, 6) is -0.0324. The van der Waals surface area contributed by atoms with E-state index in [4.69, 9.17) is 14.7 Å². The van der Waals surface area contributed by atoms with Crippen molar-refractivity contribution in [2.75, 3.05) is 57.8 Å². The third kappa shape index (κ3) is 9.62. The number of imidazole rings is 1. The molecule has 1 saturated carbocycles. The number of aromatic nitrogens is 5.